The molecule has 1 heterocycles. The summed E-state index contributed by atoms with van der Waals surface area (Å²) in [5.74, 6) is -0.646. The highest BCUT2D eigenvalue weighted by molar-refractivity contribution is 7.12. The van der Waals surface area contributed by atoms with E-state index in [1.807, 2.05) is 13.8 Å². The van der Waals surface area contributed by atoms with E-state index in [0.717, 1.165) is 11.3 Å². The number of thiophene rings is 1. The van der Waals surface area contributed by atoms with Gasteiger partial charge in [0.2, 0.25) is 0 Å². The molecule has 0 radical (unpaired) electrons. The van der Waals surface area contributed by atoms with E-state index in [-0.39, 0.29) is 17.4 Å². The Morgan fingerprint density at radius 1 is 1.62 bits per heavy atom. The second-order valence-electron chi connectivity index (χ2n) is 4.22. The molecule has 4 nitrogen and oxygen atoms in total. The van der Waals surface area contributed by atoms with Crippen molar-refractivity contribution in [1.82, 2.24) is 0 Å². The largest absolute Gasteiger partial charge is 0.489 e. The SMILES string of the molecule is CC(C)C(C)(O)COc1ccsc1C(=O)O. The third-order valence-corrected chi connectivity index (χ3v) is 3.47. The highest BCUT2D eigenvalue weighted by Crippen LogP contribution is 2.26. The predicted octanol–water partition coefficient (Wildman–Crippen LogP) is 2.23. The summed E-state index contributed by atoms with van der Waals surface area (Å²) in [7, 11) is 0. The fraction of sp³-hybridized carbons (Fsp3) is 0.545. The number of carboxylic acids is 1. The van der Waals surface area contributed by atoms with Crippen LogP contribution in [-0.2, 0) is 0 Å². The minimum Gasteiger partial charge on any atom is -0.489 e. The van der Waals surface area contributed by atoms with Crippen LogP contribution in [0.4, 0.5) is 0 Å². The predicted molar refractivity (Wildman–Crippen MR) is 62.2 cm³/mol. The van der Waals surface area contributed by atoms with Gasteiger partial charge in [-0.3, -0.25) is 0 Å². The van der Waals surface area contributed by atoms with Gasteiger partial charge in [0.25, 0.3) is 0 Å². The van der Waals surface area contributed by atoms with E-state index in [1.165, 1.54) is 0 Å². The van der Waals surface area contributed by atoms with E-state index in [0.29, 0.717) is 5.75 Å². The molecule has 0 saturated carbocycles. The van der Waals surface area contributed by atoms with Gasteiger partial charge in [0, 0.05) is 0 Å². The lowest BCUT2D eigenvalue weighted by Gasteiger charge is -2.27. The monoisotopic (exact) mass is 244 g/mol. The van der Waals surface area contributed by atoms with Crippen molar-refractivity contribution in [3.05, 3.63) is 16.3 Å². The molecule has 2 N–H and O–H groups in total. The molecule has 1 aromatic heterocycles. The Bertz CT molecular complexity index is 368. The second-order valence-corrected chi connectivity index (χ2v) is 5.14. The van der Waals surface area contributed by atoms with Gasteiger partial charge in [-0.2, -0.15) is 0 Å². The fourth-order valence-corrected chi connectivity index (χ4v) is 1.63. The molecule has 1 rings (SSSR count). The molecule has 1 unspecified atom stereocenters. The normalized spacial score (nSPS) is 14.8. The number of carbonyl (C=O) groups is 1. The van der Waals surface area contributed by atoms with Crippen molar-refractivity contribution < 1.29 is 19.7 Å². The Morgan fingerprint density at radius 2 is 2.25 bits per heavy atom. The van der Waals surface area contributed by atoms with E-state index in [2.05, 4.69) is 0 Å². The fourth-order valence-electron chi connectivity index (χ4n) is 0.958. The zero-order valence-corrected chi connectivity index (χ0v) is 10.4. The molecule has 0 amide bonds. The van der Waals surface area contributed by atoms with E-state index in [9.17, 15) is 9.90 Å². The average molecular weight is 244 g/mol. The molecule has 0 aliphatic carbocycles. The van der Waals surface area contributed by atoms with Crippen LogP contribution >= 0.6 is 11.3 Å². The van der Waals surface area contributed by atoms with Crippen LogP contribution in [0.3, 0.4) is 0 Å². The molecule has 0 spiro atoms. The topological polar surface area (TPSA) is 66.8 Å². The number of ether oxygens (including phenoxy) is 1. The number of hydrogen-bond acceptors (Lipinski definition) is 4. The Hall–Kier alpha value is -1.07. The Balaban J connectivity index is 2.68. The van der Waals surface area contributed by atoms with Gasteiger partial charge in [-0.05, 0) is 24.3 Å². The summed E-state index contributed by atoms with van der Waals surface area (Å²) in [6, 6.07) is 1.60. The zero-order valence-electron chi connectivity index (χ0n) is 9.56. The summed E-state index contributed by atoms with van der Waals surface area (Å²) in [6.45, 7) is 5.52. The van der Waals surface area contributed by atoms with Crippen molar-refractivity contribution in [3.63, 3.8) is 0 Å². The maximum Gasteiger partial charge on any atom is 0.349 e. The molecule has 0 aliphatic heterocycles. The van der Waals surface area contributed by atoms with Gasteiger partial charge >= 0.3 is 5.97 Å². The molecular weight excluding hydrogens is 228 g/mol. The molecule has 1 atom stereocenters. The minimum atomic E-state index is -1.01. The molecule has 1 aromatic rings. The summed E-state index contributed by atoms with van der Waals surface area (Å²) in [5, 5.41) is 20.5. The van der Waals surface area contributed by atoms with Crippen LogP contribution in [0.5, 0.6) is 5.75 Å². The summed E-state index contributed by atoms with van der Waals surface area (Å²) in [4.78, 5) is 11.0. The summed E-state index contributed by atoms with van der Waals surface area (Å²) >= 11 is 1.11. The van der Waals surface area contributed by atoms with Crippen molar-refractivity contribution >= 4 is 17.3 Å². The van der Waals surface area contributed by atoms with Gasteiger partial charge in [-0.25, -0.2) is 4.79 Å². The first-order valence-corrected chi connectivity index (χ1v) is 5.88. The lowest BCUT2D eigenvalue weighted by molar-refractivity contribution is -0.0268. The minimum absolute atomic E-state index is 0.0411. The zero-order chi connectivity index (χ0) is 12.3. The summed E-state index contributed by atoms with van der Waals surface area (Å²) in [5.41, 5.74) is -0.961. The van der Waals surface area contributed by atoms with Crippen LogP contribution in [0.2, 0.25) is 0 Å². The number of aromatic carboxylic acids is 1. The summed E-state index contributed by atoms with van der Waals surface area (Å²) in [6.07, 6.45) is 0. The number of rotatable bonds is 5. The Morgan fingerprint density at radius 3 is 2.75 bits per heavy atom. The van der Waals surface area contributed by atoms with Crippen molar-refractivity contribution in [2.75, 3.05) is 6.61 Å². The van der Waals surface area contributed by atoms with Crippen molar-refractivity contribution in [2.45, 2.75) is 26.4 Å². The van der Waals surface area contributed by atoms with Crippen molar-refractivity contribution in [1.29, 1.82) is 0 Å². The summed E-state index contributed by atoms with van der Waals surface area (Å²) < 4.78 is 5.34. The van der Waals surface area contributed by atoms with E-state index < -0.39 is 11.6 Å². The molecule has 0 fully saturated rings. The molecule has 0 bridgehead atoms. The average Bonchev–Trinajstić information content (AvgIpc) is 2.62. The van der Waals surface area contributed by atoms with Crippen molar-refractivity contribution in [2.24, 2.45) is 5.92 Å². The highest BCUT2D eigenvalue weighted by atomic mass is 32.1. The van der Waals surface area contributed by atoms with Gasteiger partial charge in [0.15, 0.2) is 4.88 Å². The number of carboxylic acid groups (broad SMARTS) is 1. The molecule has 90 valence electrons. The first-order chi connectivity index (χ1) is 7.34. The van der Waals surface area contributed by atoms with Gasteiger partial charge in [0.05, 0.1) is 5.60 Å². The quantitative estimate of drug-likeness (QED) is 0.833. The van der Waals surface area contributed by atoms with Crippen LogP contribution in [-0.4, -0.2) is 28.4 Å². The lowest BCUT2D eigenvalue weighted by atomic mass is 9.94. The van der Waals surface area contributed by atoms with Gasteiger partial charge in [0.1, 0.15) is 12.4 Å². The second kappa shape index (κ2) is 4.84. The molecule has 0 aliphatic rings. The molecule has 0 aromatic carbocycles. The van der Waals surface area contributed by atoms with Crippen LogP contribution in [0.25, 0.3) is 0 Å². The van der Waals surface area contributed by atoms with Crippen LogP contribution < -0.4 is 4.74 Å². The number of aliphatic hydroxyl groups is 1. The maximum absolute atomic E-state index is 10.8. The number of hydrogen-bond donors (Lipinski definition) is 2. The van der Waals surface area contributed by atoms with Crippen LogP contribution in [0.1, 0.15) is 30.4 Å². The molecule has 0 saturated heterocycles. The molecule has 5 heteroatoms. The van der Waals surface area contributed by atoms with Gasteiger partial charge in [-0.1, -0.05) is 13.8 Å². The third kappa shape index (κ3) is 2.96. The van der Waals surface area contributed by atoms with Gasteiger partial charge < -0.3 is 14.9 Å². The van der Waals surface area contributed by atoms with Gasteiger partial charge in [-0.15, -0.1) is 11.3 Å². The van der Waals surface area contributed by atoms with Crippen LogP contribution in [0, 0.1) is 5.92 Å². The molecule has 16 heavy (non-hydrogen) atoms. The Kier molecular flexibility index (Phi) is 3.93. The first-order valence-electron chi connectivity index (χ1n) is 5.00. The highest BCUT2D eigenvalue weighted by Gasteiger charge is 2.26. The third-order valence-electron chi connectivity index (χ3n) is 2.59. The maximum atomic E-state index is 10.8. The van der Waals surface area contributed by atoms with Crippen molar-refractivity contribution in [3.8, 4) is 5.75 Å². The standard InChI is InChI=1S/C11H16O4S/c1-7(2)11(3,14)6-15-8-4-5-16-9(8)10(12)13/h4-5,7,14H,6H2,1-3H3,(H,12,13). The first kappa shape index (κ1) is 13.0. The smallest absolute Gasteiger partial charge is 0.349 e. The van der Waals surface area contributed by atoms with E-state index in [1.54, 1.807) is 18.4 Å². The lowest BCUT2D eigenvalue weighted by Crippen LogP contribution is -2.37. The Labute approximate surface area is 98.5 Å². The van der Waals surface area contributed by atoms with Crippen LogP contribution in [0.15, 0.2) is 11.4 Å². The molecular formula is C11H16O4S. The van der Waals surface area contributed by atoms with E-state index in [4.69, 9.17) is 9.84 Å². The van der Waals surface area contributed by atoms with E-state index >= 15 is 0 Å².